The van der Waals surface area contributed by atoms with E-state index in [1.165, 1.54) is 23.8 Å². The van der Waals surface area contributed by atoms with E-state index in [0.29, 0.717) is 0 Å². The van der Waals surface area contributed by atoms with Crippen LogP contribution in [-0.4, -0.2) is 31.6 Å². The molecule has 3 heteroatoms. The molecule has 0 radical (unpaired) electrons. The second kappa shape index (κ2) is 5.33. The molecular formula is C16H23NO2. The summed E-state index contributed by atoms with van der Waals surface area (Å²) >= 11 is 0. The van der Waals surface area contributed by atoms with E-state index in [-0.39, 0.29) is 11.4 Å². The van der Waals surface area contributed by atoms with Crippen molar-refractivity contribution in [2.45, 2.75) is 33.2 Å². The average molecular weight is 261 g/mol. The third-order valence-corrected chi connectivity index (χ3v) is 4.07. The van der Waals surface area contributed by atoms with Gasteiger partial charge in [-0.05, 0) is 50.4 Å². The molecule has 0 aliphatic heterocycles. The van der Waals surface area contributed by atoms with Gasteiger partial charge in [-0.15, -0.1) is 0 Å². The normalized spacial score (nSPS) is 16.5. The van der Waals surface area contributed by atoms with Crippen molar-refractivity contribution < 1.29 is 9.53 Å². The first-order valence-corrected chi connectivity index (χ1v) is 6.80. The number of carbonyl (C=O) groups excluding carboxylic acids is 1. The fraction of sp³-hybridized carbons (Fsp3) is 0.562. The molecule has 1 aliphatic carbocycles. The zero-order chi connectivity index (χ0) is 14.0. The highest BCUT2D eigenvalue weighted by molar-refractivity contribution is 5.80. The van der Waals surface area contributed by atoms with E-state index in [0.717, 1.165) is 25.9 Å². The van der Waals surface area contributed by atoms with Gasteiger partial charge in [0.15, 0.2) is 0 Å². The Hall–Kier alpha value is -1.35. The summed E-state index contributed by atoms with van der Waals surface area (Å²) in [6.07, 6.45) is 1.91. The standard InChI is InChI=1S/C16H23NO2/c1-12-5-6-14(9-13(12)2)10-17(3)11-16(7-8-16)15(18)19-4/h5-6,9H,7-8,10-11H2,1-4H3. The van der Waals surface area contributed by atoms with Crippen LogP contribution in [0.2, 0.25) is 0 Å². The van der Waals surface area contributed by atoms with E-state index < -0.39 is 0 Å². The van der Waals surface area contributed by atoms with Crippen molar-refractivity contribution in [1.82, 2.24) is 4.90 Å². The maximum absolute atomic E-state index is 11.7. The van der Waals surface area contributed by atoms with Gasteiger partial charge in [-0.25, -0.2) is 0 Å². The van der Waals surface area contributed by atoms with Crippen LogP contribution < -0.4 is 0 Å². The lowest BCUT2D eigenvalue weighted by Crippen LogP contribution is -2.32. The minimum atomic E-state index is -0.233. The minimum Gasteiger partial charge on any atom is -0.469 e. The first-order valence-electron chi connectivity index (χ1n) is 6.80. The Kier molecular flexibility index (Phi) is 3.95. The second-order valence-corrected chi connectivity index (χ2v) is 5.86. The van der Waals surface area contributed by atoms with Crippen LogP contribution in [0.1, 0.15) is 29.5 Å². The summed E-state index contributed by atoms with van der Waals surface area (Å²) in [5.74, 6) is -0.0561. The van der Waals surface area contributed by atoms with Crippen LogP contribution in [0, 0.1) is 19.3 Å². The minimum absolute atomic E-state index is 0.0561. The van der Waals surface area contributed by atoms with E-state index in [9.17, 15) is 4.79 Å². The maximum atomic E-state index is 11.7. The van der Waals surface area contributed by atoms with Crippen molar-refractivity contribution >= 4 is 5.97 Å². The van der Waals surface area contributed by atoms with Gasteiger partial charge in [-0.3, -0.25) is 4.79 Å². The average Bonchev–Trinajstić information content (AvgIpc) is 3.13. The summed E-state index contributed by atoms with van der Waals surface area (Å²) in [7, 11) is 3.55. The molecule has 0 saturated heterocycles. The van der Waals surface area contributed by atoms with Crippen molar-refractivity contribution in [3.8, 4) is 0 Å². The summed E-state index contributed by atoms with van der Waals surface area (Å²) in [6.45, 7) is 5.92. The molecule has 0 unspecified atom stereocenters. The SMILES string of the molecule is COC(=O)C1(CN(C)Cc2ccc(C)c(C)c2)CC1. The number of hydrogen-bond acceptors (Lipinski definition) is 3. The summed E-state index contributed by atoms with van der Waals surface area (Å²) in [6, 6.07) is 6.55. The monoisotopic (exact) mass is 261 g/mol. The smallest absolute Gasteiger partial charge is 0.313 e. The number of methoxy groups -OCH3 is 1. The Morgan fingerprint density at radius 2 is 2.00 bits per heavy atom. The lowest BCUT2D eigenvalue weighted by atomic mass is 10.0. The third kappa shape index (κ3) is 3.16. The van der Waals surface area contributed by atoms with Gasteiger partial charge in [0.25, 0.3) is 0 Å². The number of ether oxygens (including phenoxy) is 1. The predicted molar refractivity (Wildman–Crippen MR) is 75.9 cm³/mol. The molecule has 1 fully saturated rings. The van der Waals surface area contributed by atoms with Crippen LogP contribution in [-0.2, 0) is 16.1 Å². The van der Waals surface area contributed by atoms with Gasteiger partial charge >= 0.3 is 5.97 Å². The molecule has 19 heavy (non-hydrogen) atoms. The number of aryl methyl sites for hydroxylation is 2. The number of carbonyl (C=O) groups is 1. The summed E-state index contributed by atoms with van der Waals surface area (Å²) in [5, 5.41) is 0. The van der Waals surface area contributed by atoms with Crippen molar-refractivity contribution in [1.29, 1.82) is 0 Å². The van der Waals surface area contributed by atoms with Crippen LogP contribution in [0.5, 0.6) is 0 Å². The van der Waals surface area contributed by atoms with Crippen LogP contribution in [0.15, 0.2) is 18.2 Å². The summed E-state index contributed by atoms with van der Waals surface area (Å²) in [5.41, 5.74) is 3.70. The van der Waals surface area contributed by atoms with Crippen molar-refractivity contribution in [3.63, 3.8) is 0 Å². The van der Waals surface area contributed by atoms with Gasteiger partial charge in [-0.2, -0.15) is 0 Å². The first kappa shape index (κ1) is 14.1. The highest BCUT2D eigenvalue weighted by Crippen LogP contribution is 2.47. The Morgan fingerprint density at radius 1 is 1.32 bits per heavy atom. The topological polar surface area (TPSA) is 29.5 Å². The molecular weight excluding hydrogens is 238 g/mol. The molecule has 0 amide bonds. The number of nitrogens with zero attached hydrogens (tertiary/aromatic N) is 1. The maximum Gasteiger partial charge on any atom is 0.313 e. The molecule has 0 bridgehead atoms. The van der Waals surface area contributed by atoms with Gasteiger partial charge in [-0.1, -0.05) is 18.2 Å². The molecule has 104 valence electrons. The molecule has 1 aromatic carbocycles. The Morgan fingerprint density at radius 3 is 2.53 bits per heavy atom. The van der Waals surface area contributed by atoms with Gasteiger partial charge in [0.2, 0.25) is 0 Å². The molecule has 2 rings (SSSR count). The lowest BCUT2D eigenvalue weighted by Gasteiger charge is -2.22. The van der Waals surface area contributed by atoms with Gasteiger partial charge < -0.3 is 9.64 Å². The summed E-state index contributed by atoms with van der Waals surface area (Å²) < 4.78 is 4.90. The van der Waals surface area contributed by atoms with Crippen molar-refractivity contribution in [2.75, 3.05) is 20.7 Å². The fourth-order valence-corrected chi connectivity index (χ4v) is 2.58. The predicted octanol–water partition coefficient (Wildman–Crippen LogP) is 2.69. The van der Waals surface area contributed by atoms with Gasteiger partial charge in [0.05, 0.1) is 12.5 Å². The Bertz CT molecular complexity index is 478. The number of esters is 1. The molecule has 1 saturated carbocycles. The number of benzene rings is 1. The fourth-order valence-electron chi connectivity index (χ4n) is 2.58. The largest absolute Gasteiger partial charge is 0.469 e. The van der Waals surface area contributed by atoms with E-state index >= 15 is 0 Å². The first-order chi connectivity index (χ1) is 8.97. The third-order valence-electron chi connectivity index (χ3n) is 4.07. The van der Waals surface area contributed by atoms with Crippen LogP contribution in [0.3, 0.4) is 0 Å². The van der Waals surface area contributed by atoms with Crippen LogP contribution in [0.25, 0.3) is 0 Å². The molecule has 1 aromatic rings. The van der Waals surface area contributed by atoms with E-state index in [4.69, 9.17) is 4.74 Å². The van der Waals surface area contributed by atoms with Gasteiger partial charge in [0, 0.05) is 13.1 Å². The molecule has 0 atom stereocenters. The van der Waals surface area contributed by atoms with Crippen LogP contribution in [0.4, 0.5) is 0 Å². The molecule has 0 aromatic heterocycles. The Balaban J connectivity index is 1.96. The molecule has 0 spiro atoms. The molecule has 3 nitrogen and oxygen atoms in total. The van der Waals surface area contributed by atoms with Crippen molar-refractivity contribution in [3.05, 3.63) is 34.9 Å². The molecule has 1 aliphatic rings. The Labute approximate surface area is 115 Å². The van der Waals surface area contributed by atoms with E-state index in [1.54, 1.807) is 0 Å². The molecule has 0 heterocycles. The lowest BCUT2D eigenvalue weighted by molar-refractivity contribution is -0.147. The zero-order valence-electron chi connectivity index (χ0n) is 12.3. The number of rotatable bonds is 5. The molecule has 0 N–H and O–H groups in total. The van der Waals surface area contributed by atoms with E-state index in [1.807, 2.05) is 0 Å². The number of hydrogen-bond donors (Lipinski definition) is 0. The second-order valence-electron chi connectivity index (χ2n) is 5.86. The van der Waals surface area contributed by atoms with E-state index in [2.05, 4.69) is 44.0 Å². The highest BCUT2D eigenvalue weighted by atomic mass is 16.5. The zero-order valence-corrected chi connectivity index (χ0v) is 12.3. The quantitative estimate of drug-likeness (QED) is 0.763. The summed E-state index contributed by atoms with van der Waals surface area (Å²) in [4.78, 5) is 14.0. The van der Waals surface area contributed by atoms with Gasteiger partial charge in [0.1, 0.15) is 0 Å². The van der Waals surface area contributed by atoms with Crippen LogP contribution >= 0.6 is 0 Å². The highest BCUT2D eigenvalue weighted by Gasteiger charge is 2.51. The van der Waals surface area contributed by atoms with Crippen molar-refractivity contribution in [2.24, 2.45) is 5.41 Å².